The molecule has 0 spiro atoms. The van der Waals surface area contributed by atoms with Crippen LogP contribution in [0.3, 0.4) is 0 Å². The van der Waals surface area contributed by atoms with Gasteiger partial charge in [-0.25, -0.2) is 4.98 Å². The van der Waals surface area contributed by atoms with Crippen LogP contribution in [0.25, 0.3) is 21.0 Å². The zero-order valence-electron chi connectivity index (χ0n) is 19.2. The molecule has 33 heavy (non-hydrogen) atoms. The summed E-state index contributed by atoms with van der Waals surface area (Å²) >= 11 is 1.33. The summed E-state index contributed by atoms with van der Waals surface area (Å²) in [6.45, 7) is 6.98. The predicted octanol–water partition coefficient (Wildman–Crippen LogP) is 5.90. The molecule has 0 saturated heterocycles. The van der Waals surface area contributed by atoms with Crippen molar-refractivity contribution in [2.24, 2.45) is 0 Å². The molecule has 4 aromatic rings. The molecule has 1 amide bonds. The van der Waals surface area contributed by atoms with Gasteiger partial charge in [-0.15, -0.1) is 11.3 Å². The van der Waals surface area contributed by atoms with Crippen LogP contribution in [0.15, 0.2) is 42.5 Å². The molecular formula is C26H26N2O4S. The monoisotopic (exact) mass is 462 g/mol. The molecular weight excluding hydrogens is 436 g/mol. The summed E-state index contributed by atoms with van der Waals surface area (Å²) in [5, 5.41) is 4.83. The van der Waals surface area contributed by atoms with Crippen LogP contribution >= 0.6 is 11.3 Å². The number of rotatable bonds is 8. The van der Waals surface area contributed by atoms with Crippen LogP contribution in [0.2, 0.25) is 0 Å². The Balaban J connectivity index is 1.70. The molecule has 1 N–H and O–H groups in total. The zero-order chi connectivity index (χ0) is 23.5. The summed E-state index contributed by atoms with van der Waals surface area (Å²) in [7, 11) is 1.63. The normalized spacial score (nSPS) is 11.3. The average Bonchev–Trinajstić information content (AvgIpc) is 3.15. The zero-order valence-corrected chi connectivity index (χ0v) is 20.0. The van der Waals surface area contributed by atoms with E-state index in [1.165, 1.54) is 11.3 Å². The molecule has 4 rings (SSSR count). The van der Waals surface area contributed by atoms with Crippen LogP contribution in [0.1, 0.15) is 50.6 Å². The van der Waals surface area contributed by atoms with E-state index in [4.69, 9.17) is 9.47 Å². The number of aryl methyl sites for hydroxylation is 1. The maximum Gasteiger partial charge on any atom is 0.267 e. The highest BCUT2D eigenvalue weighted by Gasteiger charge is 2.21. The molecule has 0 aliphatic heterocycles. The summed E-state index contributed by atoms with van der Waals surface area (Å²) < 4.78 is 11.7. The maximum atomic E-state index is 13.2. The molecule has 170 valence electrons. The number of ether oxygens (including phenoxy) is 2. The van der Waals surface area contributed by atoms with Crippen LogP contribution in [-0.4, -0.2) is 30.4 Å². The summed E-state index contributed by atoms with van der Waals surface area (Å²) in [5.41, 5.74) is 4.25. The van der Waals surface area contributed by atoms with E-state index in [1.54, 1.807) is 26.2 Å². The molecule has 0 atom stereocenters. The van der Waals surface area contributed by atoms with Gasteiger partial charge in [0.1, 0.15) is 5.82 Å². The van der Waals surface area contributed by atoms with E-state index in [-0.39, 0.29) is 11.7 Å². The van der Waals surface area contributed by atoms with Gasteiger partial charge in [0.2, 0.25) is 0 Å². The highest BCUT2D eigenvalue weighted by molar-refractivity contribution is 7.21. The van der Waals surface area contributed by atoms with Crippen molar-refractivity contribution in [1.29, 1.82) is 0 Å². The third-order valence-electron chi connectivity index (χ3n) is 5.57. The first kappa shape index (κ1) is 23.0. The second kappa shape index (κ2) is 9.79. The van der Waals surface area contributed by atoms with Gasteiger partial charge in [0.25, 0.3) is 5.91 Å². The first-order valence-corrected chi connectivity index (χ1v) is 11.6. The summed E-state index contributed by atoms with van der Waals surface area (Å²) in [6.07, 6.45) is 0. The summed E-state index contributed by atoms with van der Waals surface area (Å²) in [5.74, 6) is 0.196. The lowest BCUT2D eigenvalue weighted by molar-refractivity contribution is 0.101. The Bertz CT molecular complexity index is 1360. The molecule has 0 radical (unpaired) electrons. The van der Waals surface area contributed by atoms with Crippen molar-refractivity contribution in [2.45, 2.75) is 34.0 Å². The number of benzene rings is 2. The van der Waals surface area contributed by atoms with Crippen LogP contribution in [-0.2, 0) is 22.7 Å². The van der Waals surface area contributed by atoms with Crippen molar-refractivity contribution in [1.82, 2.24) is 4.98 Å². The fourth-order valence-electron chi connectivity index (χ4n) is 4.00. The number of methoxy groups -OCH3 is 1. The minimum atomic E-state index is -0.246. The molecule has 0 fully saturated rings. The van der Waals surface area contributed by atoms with E-state index in [9.17, 15) is 9.59 Å². The number of Topliss-reactive ketones (excluding diaryl/α,β-unsaturated/α-hetero) is 1. The molecule has 7 heteroatoms. The van der Waals surface area contributed by atoms with E-state index >= 15 is 0 Å². The average molecular weight is 463 g/mol. The fourth-order valence-corrected chi connectivity index (χ4v) is 5.31. The Morgan fingerprint density at radius 1 is 1.06 bits per heavy atom. The number of thiophene rings is 1. The first-order chi connectivity index (χ1) is 15.9. The number of hydrogen-bond donors (Lipinski definition) is 1. The Labute approximate surface area is 196 Å². The number of anilines is 1. The van der Waals surface area contributed by atoms with Crippen LogP contribution < -0.4 is 5.32 Å². The van der Waals surface area contributed by atoms with E-state index in [2.05, 4.69) is 10.3 Å². The van der Waals surface area contributed by atoms with Gasteiger partial charge in [0.15, 0.2) is 5.78 Å². The van der Waals surface area contributed by atoms with E-state index in [0.717, 1.165) is 37.7 Å². The number of nitrogens with one attached hydrogen (secondary N) is 1. The van der Waals surface area contributed by atoms with Crippen LogP contribution in [0, 0.1) is 6.92 Å². The number of pyridine rings is 1. The fraction of sp³-hybridized carbons (Fsp3) is 0.269. The molecule has 6 nitrogen and oxygen atoms in total. The number of fused-ring (bicyclic) bond motifs is 2. The van der Waals surface area contributed by atoms with Gasteiger partial charge in [-0.3, -0.25) is 9.59 Å². The summed E-state index contributed by atoms with van der Waals surface area (Å²) in [4.78, 5) is 30.6. The topological polar surface area (TPSA) is 77.5 Å². The second-order valence-corrected chi connectivity index (χ2v) is 8.81. The molecule has 0 aliphatic rings. The number of carbonyl (C=O) groups excluding carboxylic acids is 2. The first-order valence-electron chi connectivity index (χ1n) is 10.8. The van der Waals surface area contributed by atoms with Gasteiger partial charge in [-0.2, -0.15) is 0 Å². The lowest BCUT2D eigenvalue weighted by Gasteiger charge is -2.09. The van der Waals surface area contributed by atoms with Gasteiger partial charge in [0, 0.05) is 34.8 Å². The van der Waals surface area contributed by atoms with Gasteiger partial charge < -0.3 is 14.8 Å². The quantitative estimate of drug-likeness (QED) is 0.330. The van der Waals surface area contributed by atoms with Crippen LogP contribution in [0.5, 0.6) is 0 Å². The number of aromatic nitrogens is 1. The van der Waals surface area contributed by atoms with E-state index in [0.29, 0.717) is 36.1 Å². The number of nitrogens with zero attached hydrogens (tertiary/aromatic N) is 1. The van der Waals surface area contributed by atoms with Crippen molar-refractivity contribution in [2.75, 3.05) is 19.0 Å². The molecule has 0 aliphatic carbocycles. The molecule has 0 saturated carbocycles. The van der Waals surface area contributed by atoms with Gasteiger partial charge in [-0.1, -0.05) is 18.2 Å². The lowest BCUT2D eigenvalue weighted by atomic mass is 10.0. The minimum absolute atomic E-state index is 0.0313. The standard InChI is InChI=1S/C26H26N2O4S/c1-5-32-14-17-7-6-8-21-20(17)11-12-22(27-21)28-26(30)24-15(2)23-18(13-31-4)9-10-19(16(3)29)25(23)33-24/h6-12H,5,13-14H2,1-4H3,(H,27,28,30). The number of ketones is 1. The van der Waals surface area contributed by atoms with Gasteiger partial charge in [-0.05, 0) is 61.7 Å². The third-order valence-corrected chi connectivity index (χ3v) is 6.90. The Morgan fingerprint density at radius 2 is 1.88 bits per heavy atom. The number of carbonyl (C=O) groups is 2. The molecule has 0 unspecified atom stereocenters. The Kier molecular flexibility index (Phi) is 6.83. The third kappa shape index (κ3) is 4.53. The van der Waals surface area contributed by atoms with E-state index in [1.807, 2.05) is 44.2 Å². The van der Waals surface area contributed by atoms with Crippen molar-refractivity contribution in [3.05, 3.63) is 69.6 Å². The Morgan fingerprint density at radius 3 is 2.61 bits per heavy atom. The van der Waals surface area contributed by atoms with Crippen LogP contribution in [0.4, 0.5) is 5.82 Å². The molecule has 0 bridgehead atoms. The van der Waals surface area contributed by atoms with Crippen molar-refractivity contribution >= 4 is 49.8 Å². The highest BCUT2D eigenvalue weighted by atomic mass is 32.1. The summed E-state index contributed by atoms with van der Waals surface area (Å²) in [6, 6.07) is 13.3. The van der Waals surface area contributed by atoms with E-state index < -0.39 is 0 Å². The van der Waals surface area contributed by atoms with Crippen molar-refractivity contribution in [3.8, 4) is 0 Å². The highest BCUT2D eigenvalue weighted by Crippen LogP contribution is 2.37. The predicted molar refractivity (Wildman–Crippen MR) is 132 cm³/mol. The van der Waals surface area contributed by atoms with Gasteiger partial charge >= 0.3 is 0 Å². The van der Waals surface area contributed by atoms with Gasteiger partial charge in [0.05, 0.1) is 23.6 Å². The number of hydrogen-bond acceptors (Lipinski definition) is 6. The second-order valence-electron chi connectivity index (χ2n) is 7.79. The molecule has 2 aromatic heterocycles. The molecule has 2 aromatic carbocycles. The lowest BCUT2D eigenvalue weighted by Crippen LogP contribution is -2.12. The van der Waals surface area contributed by atoms with Crippen molar-refractivity contribution < 1.29 is 19.1 Å². The largest absolute Gasteiger partial charge is 0.380 e. The minimum Gasteiger partial charge on any atom is -0.380 e. The Hall–Kier alpha value is -3.13. The number of amides is 1. The maximum absolute atomic E-state index is 13.2. The van der Waals surface area contributed by atoms with Crippen molar-refractivity contribution in [3.63, 3.8) is 0 Å². The smallest absolute Gasteiger partial charge is 0.267 e. The molecule has 2 heterocycles. The SMILES string of the molecule is CCOCc1cccc2nc(NC(=O)c3sc4c(C(C)=O)ccc(COC)c4c3C)ccc12.